The molecule has 4 aliphatic heterocycles. The second kappa shape index (κ2) is 14.9. The molecule has 0 bridgehead atoms. The average Bonchev–Trinajstić information content (AvgIpc) is 3.75. The highest BCUT2D eigenvalue weighted by atomic mass is 32.2. The monoisotopic (exact) mass is 774 g/mol. The number of carbonyl (C=O) groups excluding carboxylic acids is 4. The van der Waals surface area contributed by atoms with E-state index in [1.807, 2.05) is 0 Å². The van der Waals surface area contributed by atoms with Gasteiger partial charge in [0.15, 0.2) is 16.6 Å². The van der Waals surface area contributed by atoms with Crippen LogP contribution in [0.5, 0.6) is 5.75 Å². The smallest absolute Gasteiger partial charge is 0.348 e. The number of pyridine rings is 1. The molecule has 2 fully saturated rings. The number of quaternary nitrogens is 1. The van der Waals surface area contributed by atoms with Gasteiger partial charge in [-0.15, -0.1) is 23.1 Å². The van der Waals surface area contributed by atoms with E-state index in [-0.39, 0.29) is 40.4 Å². The summed E-state index contributed by atoms with van der Waals surface area (Å²) >= 11 is 2.15. The number of hydrogen-bond donors (Lipinski definition) is 5. The van der Waals surface area contributed by atoms with Crippen LogP contribution < -0.4 is 21.6 Å². The third-order valence-electron chi connectivity index (χ3n) is 9.52. The molecule has 0 spiro atoms. The van der Waals surface area contributed by atoms with Crippen LogP contribution in [-0.2, 0) is 35.4 Å². The summed E-state index contributed by atoms with van der Waals surface area (Å²) in [5, 5.41) is 47.2. The van der Waals surface area contributed by atoms with E-state index >= 15 is 0 Å². The number of carboxylic acid groups (broad SMARTS) is 3. The number of carbonyl (C=O) groups is 6. The number of aromatic nitrogens is 2. The molecule has 2 saturated heterocycles. The summed E-state index contributed by atoms with van der Waals surface area (Å²) < 4.78 is 2.00. The predicted octanol–water partition coefficient (Wildman–Crippen LogP) is -2.59. The van der Waals surface area contributed by atoms with Gasteiger partial charge in [0.2, 0.25) is 11.5 Å². The number of oxime groups is 1. The molecule has 3 atom stereocenters. The zero-order valence-corrected chi connectivity index (χ0v) is 29.5. The van der Waals surface area contributed by atoms with Gasteiger partial charge in [0, 0.05) is 48.7 Å². The van der Waals surface area contributed by atoms with E-state index in [0.717, 1.165) is 35.1 Å². The summed E-state index contributed by atoms with van der Waals surface area (Å²) in [4.78, 5) is 98.9. The Kier molecular flexibility index (Phi) is 10.5. The summed E-state index contributed by atoms with van der Waals surface area (Å²) in [6.07, 6.45) is 0.0644. The van der Waals surface area contributed by atoms with Gasteiger partial charge in [0.1, 0.15) is 29.3 Å². The van der Waals surface area contributed by atoms with Crippen molar-refractivity contribution in [1.29, 1.82) is 0 Å². The molecule has 2 aromatic rings. The number of thiazole rings is 1. The van der Waals surface area contributed by atoms with Crippen molar-refractivity contribution in [2.24, 2.45) is 5.16 Å². The average molecular weight is 775 g/mol. The van der Waals surface area contributed by atoms with E-state index in [9.17, 15) is 48.9 Å². The molecule has 0 unspecified atom stereocenters. The summed E-state index contributed by atoms with van der Waals surface area (Å²) in [5.74, 6) is -7.09. The maximum Gasteiger partial charge on any atom is 0.348 e. The van der Waals surface area contributed by atoms with Crippen molar-refractivity contribution < 1.29 is 58.5 Å². The van der Waals surface area contributed by atoms with E-state index < -0.39 is 70.6 Å². The van der Waals surface area contributed by atoms with Crippen LogP contribution in [0.1, 0.15) is 35.4 Å². The molecule has 53 heavy (non-hydrogen) atoms. The molecule has 0 aliphatic carbocycles. The molecule has 20 nitrogen and oxygen atoms in total. The van der Waals surface area contributed by atoms with Gasteiger partial charge in [-0.1, -0.05) is 5.16 Å². The van der Waals surface area contributed by atoms with Gasteiger partial charge in [-0.3, -0.25) is 28.9 Å². The second-order valence-electron chi connectivity index (χ2n) is 12.9. The van der Waals surface area contributed by atoms with E-state index in [4.69, 9.17) is 15.7 Å². The Morgan fingerprint density at radius 2 is 1.91 bits per heavy atom. The standard InChI is InChI=1S/C31H34N8O12S2/c32-31-33-16(14-53-31)22(35-51-20(29(47)48)10-21(42)43)25(44)34-23-27(46)38-24(30(49)50)15(13-52-28(23)38)12-39(6-1-2-7-39)8-5-36-3-4-37-11-19(41)18(40)9-17(37)26(36)45/h9,11,14,20,23,28H,1-8,10,12-13H2,(H6-,32,33,34,41,42,43,44,47,48,49,50)/b35-22+/t20-,23+,28+/m0/s1. The molecule has 4 aliphatic rings. The minimum Gasteiger partial charge on any atom is -0.543 e. The summed E-state index contributed by atoms with van der Waals surface area (Å²) in [7, 11) is 0. The molecule has 282 valence electrons. The number of fused-ring (bicyclic) bond motifs is 2. The first-order valence-electron chi connectivity index (χ1n) is 16.3. The third-order valence-corrected chi connectivity index (χ3v) is 11.5. The molecule has 6 heterocycles. The van der Waals surface area contributed by atoms with Crippen molar-refractivity contribution in [1.82, 2.24) is 24.7 Å². The van der Waals surface area contributed by atoms with Gasteiger partial charge in [0.05, 0.1) is 50.5 Å². The van der Waals surface area contributed by atoms with Crippen LogP contribution in [0.4, 0.5) is 5.13 Å². The number of amides is 3. The van der Waals surface area contributed by atoms with Crippen LogP contribution in [0.25, 0.3) is 0 Å². The number of hydrogen-bond acceptors (Lipinski definition) is 15. The molecule has 0 radical (unpaired) electrons. The fraction of sp³-hybridized carbons (Fsp3) is 0.452. The topological polar surface area (TPSA) is 287 Å². The maximum atomic E-state index is 13.5. The number of aromatic hydroxyl groups is 1. The number of anilines is 1. The van der Waals surface area contributed by atoms with Crippen LogP contribution in [0, 0.1) is 0 Å². The maximum absolute atomic E-state index is 13.5. The zero-order chi connectivity index (χ0) is 38.2. The van der Waals surface area contributed by atoms with Gasteiger partial charge < -0.3 is 55.1 Å². The first kappa shape index (κ1) is 37.3. The van der Waals surface area contributed by atoms with Crippen LogP contribution in [0.15, 0.2) is 38.9 Å². The number of carboxylic acids is 3. The minimum absolute atomic E-state index is 0.0232. The molecule has 6 N–H and O–H groups in total. The number of thioether (sulfide) groups is 1. The van der Waals surface area contributed by atoms with Crippen molar-refractivity contribution in [3.05, 3.63) is 50.5 Å². The number of likely N-dealkylation sites (tertiary alicyclic amines) is 1. The van der Waals surface area contributed by atoms with E-state index in [1.54, 1.807) is 4.90 Å². The van der Waals surface area contributed by atoms with Crippen LogP contribution in [0.2, 0.25) is 0 Å². The normalized spacial score (nSPS) is 21.4. The summed E-state index contributed by atoms with van der Waals surface area (Å²) in [5.41, 5.74) is 4.67. The van der Waals surface area contributed by atoms with Crippen LogP contribution >= 0.6 is 23.1 Å². The number of nitrogens with two attached hydrogens (primary N) is 1. The van der Waals surface area contributed by atoms with Gasteiger partial charge in [-0.05, 0) is 0 Å². The molecule has 2 aromatic heterocycles. The van der Waals surface area contributed by atoms with Crippen LogP contribution in [-0.4, -0.2) is 143 Å². The number of rotatable bonds is 14. The highest BCUT2D eigenvalue weighted by molar-refractivity contribution is 8.00. The first-order valence-corrected chi connectivity index (χ1v) is 18.3. The Bertz CT molecular complexity index is 2000. The molecule has 3 amide bonds. The SMILES string of the molecule is Nc1nc(/C(=N\O[C@@H](CC(=O)O)C(=O)O)C(=O)N[C@@H]2C(=O)N3C(C(=O)[O-])=C(C[N+]4(CCN5CCn6cc(O)c(=O)cc6C5=O)CCCC4)CS[C@H]23)cs1. The quantitative estimate of drug-likeness (QED) is 0.0570. The lowest BCUT2D eigenvalue weighted by atomic mass is 10.0. The highest BCUT2D eigenvalue weighted by Crippen LogP contribution is 2.41. The summed E-state index contributed by atoms with van der Waals surface area (Å²) in [6, 6.07) is -0.111. The van der Waals surface area contributed by atoms with Gasteiger partial charge in [0.25, 0.3) is 17.7 Å². The van der Waals surface area contributed by atoms with Crippen molar-refractivity contribution in [3.63, 3.8) is 0 Å². The lowest BCUT2D eigenvalue weighted by Crippen LogP contribution is -2.72. The Balaban J connectivity index is 1.17. The minimum atomic E-state index is -1.95. The van der Waals surface area contributed by atoms with Crippen molar-refractivity contribution in [3.8, 4) is 5.75 Å². The molecule has 0 saturated carbocycles. The van der Waals surface area contributed by atoms with Crippen LogP contribution in [0.3, 0.4) is 0 Å². The number of nitrogens with zero attached hydrogens (tertiary/aromatic N) is 6. The van der Waals surface area contributed by atoms with E-state index in [1.165, 1.54) is 27.9 Å². The second-order valence-corrected chi connectivity index (χ2v) is 14.9. The molecular weight excluding hydrogens is 741 g/mol. The lowest BCUT2D eigenvalue weighted by molar-refractivity contribution is -0.911. The van der Waals surface area contributed by atoms with Gasteiger partial charge >= 0.3 is 11.9 Å². The molecule has 6 rings (SSSR count). The Hall–Kier alpha value is -5.48. The lowest BCUT2D eigenvalue weighted by Gasteiger charge is -2.51. The largest absolute Gasteiger partial charge is 0.543 e. The number of nitrogen functional groups attached to an aromatic ring is 1. The number of aliphatic carboxylic acids is 3. The number of nitrogens with one attached hydrogen (secondary N) is 1. The van der Waals surface area contributed by atoms with Crippen molar-refractivity contribution in [2.75, 3.05) is 50.8 Å². The molecular formula is C31H34N8O12S2. The molecule has 0 aromatic carbocycles. The van der Waals surface area contributed by atoms with Crippen molar-refractivity contribution in [2.45, 2.75) is 43.3 Å². The predicted molar refractivity (Wildman–Crippen MR) is 182 cm³/mol. The Morgan fingerprint density at radius 3 is 2.55 bits per heavy atom. The van der Waals surface area contributed by atoms with Gasteiger partial charge in [-0.2, -0.15) is 0 Å². The fourth-order valence-corrected chi connectivity index (χ4v) is 8.77. The Labute approximate surface area is 307 Å². The number of β-lactam (4-membered cyclic amide) rings is 1. The third kappa shape index (κ3) is 7.55. The fourth-order valence-electron chi connectivity index (χ4n) is 6.89. The highest BCUT2D eigenvalue weighted by Gasteiger charge is 2.54. The van der Waals surface area contributed by atoms with Gasteiger partial charge in [-0.25, -0.2) is 9.78 Å². The summed E-state index contributed by atoms with van der Waals surface area (Å²) in [6.45, 7) is 3.23. The first-order chi connectivity index (χ1) is 25.2. The Morgan fingerprint density at radius 1 is 1.17 bits per heavy atom. The van der Waals surface area contributed by atoms with E-state index in [2.05, 4.69) is 15.5 Å². The van der Waals surface area contributed by atoms with E-state index in [0.29, 0.717) is 49.3 Å². The van der Waals surface area contributed by atoms with Crippen molar-refractivity contribution >= 4 is 69.6 Å². The molecule has 22 heteroatoms. The zero-order valence-electron chi connectivity index (χ0n) is 27.8.